The number of rotatable bonds is 32. The van der Waals surface area contributed by atoms with Gasteiger partial charge in [-0.05, 0) is 90.3 Å². The Morgan fingerprint density at radius 2 is 0.932 bits per heavy atom. The smallest absolute Gasteiger partial charge is 0.293 e. The van der Waals surface area contributed by atoms with Crippen LogP contribution < -0.4 is 32.6 Å². The number of nitrogens with one attached hydrogen (secondary N) is 3. The van der Waals surface area contributed by atoms with Gasteiger partial charge < -0.3 is 49.7 Å². The Labute approximate surface area is 420 Å². The van der Waals surface area contributed by atoms with Crippen molar-refractivity contribution in [3.63, 3.8) is 0 Å². The molecule has 3 rings (SSSR count). The van der Waals surface area contributed by atoms with E-state index in [1.807, 2.05) is 0 Å². The second-order valence-electron chi connectivity index (χ2n) is 17.1. The summed E-state index contributed by atoms with van der Waals surface area (Å²) in [5.41, 5.74) is -3.29. The van der Waals surface area contributed by atoms with E-state index in [1.54, 1.807) is 4.90 Å². The van der Waals surface area contributed by atoms with E-state index >= 15 is 0 Å². The van der Waals surface area contributed by atoms with E-state index in [9.17, 15) is 74.1 Å². The molecule has 0 aliphatic carbocycles. The van der Waals surface area contributed by atoms with Gasteiger partial charge in [0.1, 0.15) is 0 Å². The molecule has 0 fully saturated rings. The summed E-state index contributed by atoms with van der Waals surface area (Å²) in [4.78, 5) is 92.5. The predicted octanol–water partition coefficient (Wildman–Crippen LogP) is -0.569. The summed E-state index contributed by atoms with van der Waals surface area (Å²) in [5, 5.41) is 40.3. The first-order valence-corrected chi connectivity index (χ1v) is 27.7. The Morgan fingerprint density at radius 3 is 1.26 bits per heavy atom. The number of hydrogen-bond acceptors (Lipinski definition) is 18. The molecular formula is C43H63N7O20S3. The van der Waals surface area contributed by atoms with Crippen LogP contribution in [-0.2, 0) is 59.5 Å². The number of aromatic hydroxyl groups is 3. The van der Waals surface area contributed by atoms with Gasteiger partial charge in [0, 0.05) is 75.5 Å². The number of nitrogens with zero attached hydrogens (tertiary/aromatic N) is 4. The zero-order valence-corrected chi connectivity index (χ0v) is 42.9. The van der Waals surface area contributed by atoms with E-state index < -0.39 is 111 Å². The zero-order valence-electron chi connectivity index (χ0n) is 40.4. The molecule has 3 heterocycles. The Kier molecular flexibility index (Phi) is 23.2. The maximum atomic E-state index is 13.8. The Balaban J connectivity index is 1.89. The highest BCUT2D eigenvalue weighted by Crippen LogP contribution is 2.18. The van der Waals surface area contributed by atoms with E-state index in [4.69, 9.17) is 18.4 Å². The maximum absolute atomic E-state index is 13.8. The molecule has 0 spiro atoms. The van der Waals surface area contributed by atoms with Gasteiger partial charge in [-0.3, -0.25) is 52.1 Å². The molecule has 0 bridgehead atoms. The quantitative estimate of drug-likeness (QED) is 0.0215. The predicted molar refractivity (Wildman–Crippen MR) is 262 cm³/mol. The number of amides is 3. The van der Waals surface area contributed by atoms with E-state index in [0.29, 0.717) is 0 Å². The Bertz CT molecular complexity index is 2860. The van der Waals surface area contributed by atoms with Crippen LogP contribution in [0.5, 0.6) is 17.2 Å². The molecule has 0 radical (unpaired) electrons. The fourth-order valence-corrected chi connectivity index (χ4v) is 9.38. The summed E-state index contributed by atoms with van der Waals surface area (Å²) in [6.45, 7) is 3.88. The molecule has 0 aliphatic heterocycles. The molecule has 408 valence electrons. The minimum absolute atomic E-state index is 0.00430. The minimum Gasteiger partial charge on any atom is -0.502 e. The third-order valence-corrected chi connectivity index (χ3v) is 13.8. The van der Waals surface area contributed by atoms with Crippen LogP contribution in [0.4, 0.5) is 0 Å². The Morgan fingerprint density at radius 1 is 0.589 bits per heavy atom. The number of ether oxygens (including phenoxy) is 1. The van der Waals surface area contributed by atoms with Gasteiger partial charge in [0.05, 0.1) is 40.6 Å². The zero-order chi connectivity index (χ0) is 54.8. The normalized spacial score (nSPS) is 12.4. The lowest BCUT2D eigenvalue weighted by Crippen LogP contribution is -2.48. The van der Waals surface area contributed by atoms with Crippen LogP contribution in [0, 0.1) is 20.8 Å². The summed E-state index contributed by atoms with van der Waals surface area (Å²) >= 11 is 0. The average molecular weight is 1090 g/mol. The van der Waals surface area contributed by atoms with Crippen molar-refractivity contribution in [2.24, 2.45) is 0 Å². The van der Waals surface area contributed by atoms with Crippen molar-refractivity contribution in [3.8, 4) is 17.2 Å². The molecule has 27 nitrogen and oxygen atoms in total. The van der Waals surface area contributed by atoms with Gasteiger partial charge in [-0.25, -0.2) is 0 Å². The van der Waals surface area contributed by atoms with E-state index in [1.165, 1.54) is 39.0 Å². The van der Waals surface area contributed by atoms with Crippen LogP contribution in [0.1, 0.15) is 99.5 Å². The van der Waals surface area contributed by atoms with E-state index in [2.05, 4.69) is 16.0 Å². The molecule has 0 aromatic carbocycles. The van der Waals surface area contributed by atoms with Crippen LogP contribution in [0.3, 0.4) is 0 Å². The third kappa shape index (κ3) is 20.0. The minimum atomic E-state index is -4.25. The SMILES string of the molecule is Cc1cc(C(=O)NCCN(CCNC(=O)c2cc(C)n(CCCCS(=O)(=O)O)c(=O)c2O)CC(CCCOC=O)NC(=O)c2cc(C)n(CCCCS(=O)(=O)O)c(=O)c2O)c(O)c(=O)n1CCCCS(=O)(=O)O. The molecule has 0 saturated heterocycles. The van der Waals surface area contributed by atoms with Crippen LogP contribution in [0.25, 0.3) is 0 Å². The summed E-state index contributed by atoms with van der Waals surface area (Å²) in [6.07, 6.45) is 0.697. The first kappa shape index (κ1) is 61.1. The molecule has 1 atom stereocenters. The van der Waals surface area contributed by atoms with E-state index in [-0.39, 0.29) is 145 Å². The van der Waals surface area contributed by atoms with Gasteiger partial charge in [-0.1, -0.05) is 0 Å². The summed E-state index contributed by atoms with van der Waals surface area (Å²) in [6, 6.07) is 2.86. The number of aromatic nitrogens is 3. The average Bonchev–Trinajstić information content (AvgIpc) is 3.29. The number of carbonyl (C=O) groups is 4. The number of unbranched alkanes of at least 4 members (excludes halogenated alkanes) is 3. The van der Waals surface area contributed by atoms with Gasteiger partial charge in [0.25, 0.3) is 71.2 Å². The lowest BCUT2D eigenvalue weighted by molar-refractivity contribution is -0.128. The van der Waals surface area contributed by atoms with Gasteiger partial charge >= 0.3 is 0 Å². The largest absolute Gasteiger partial charge is 0.502 e. The lowest BCUT2D eigenvalue weighted by Gasteiger charge is -2.29. The van der Waals surface area contributed by atoms with Crippen molar-refractivity contribution >= 4 is 54.5 Å². The summed E-state index contributed by atoms with van der Waals surface area (Å²) in [7, 11) is -12.7. The monoisotopic (exact) mass is 1090 g/mol. The van der Waals surface area contributed by atoms with Crippen LogP contribution >= 0.6 is 0 Å². The van der Waals surface area contributed by atoms with Crippen LogP contribution in [0.15, 0.2) is 32.6 Å². The topological polar surface area (TPSA) is 407 Å². The van der Waals surface area contributed by atoms with Crippen molar-refractivity contribution < 1.29 is 78.1 Å². The second-order valence-corrected chi connectivity index (χ2v) is 21.8. The highest BCUT2D eigenvalue weighted by molar-refractivity contribution is 7.86. The molecule has 0 saturated carbocycles. The first-order chi connectivity index (χ1) is 34.0. The fraction of sp³-hybridized carbons (Fsp3) is 0.558. The molecule has 3 aromatic heterocycles. The highest BCUT2D eigenvalue weighted by Gasteiger charge is 2.25. The molecular weight excluding hydrogens is 1030 g/mol. The van der Waals surface area contributed by atoms with Gasteiger partial charge in [0.2, 0.25) is 0 Å². The highest BCUT2D eigenvalue weighted by atomic mass is 32.2. The molecule has 30 heteroatoms. The molecule has 0 aliphatic rings. The summed E-state index contributed by atoms with van der Waals surface area (Å²) in [5.74, 6) is -7.02. The molecule has 1 unspecified atom stereocenters. The van der Waals surface area contributed by atoms with E-state index in [0.717, 1.165) is 13.7 Å². The molecule has 3 amide bonds. The van der Waals surface area contributed by atoms with Gasteiger partial charge in [-0.15, -0.1) is 0 Å². The third-order valence-electron chi connectivity index (χ3n) is 11.4. The number of carbonyl (C=O) groups excluding carboxylic acids is 4. The van der Waals surface area contributed by atoms with Crippen LogP contribution in [-0.4, -0.2) is 160 Å². The molecule has 73 heavy (non-hydrogen) atoms. The fourth-order valence-electron chi connectivity index (χ4n) is 7.68. The standard InChI is InChI=1S/C43H63N7O20S3/c1-28-23-32(35(52)41(58)48(28)14-4-7-20-71(61,62)63)38(55)44-12-17-47(18-13-45-39(56)33-24-29(2)49(42(59)36(33)53)15-5-8-21-72(64,65)66)26-31(11-10-19-70-27-51)46-40(57)34-25-30(3)50(43(60)37(34)54)16-6-9-22-73(67,68)69/h23-25,27,31,52-54H,4-22,26H2,1-3H3,(H,44,55)(H,45,56)(H,46,57)(H,61,62,63)(H,64,65,66)(H,67,68,69). The molecule has 3 aromatic rings. The van der Waals surface area contributed by atoms with Crippen LogP contribution in [0.2, 0.25) is 0 Å². The van der Waals surface area contributed by atoms with Gasteiger partial charge in [0.15, 0.2) is 17.2 Å². The van der Waals surface area contributed by atoms with Crippen molar-refractivity contribution in [2.75, 3.05) is 56.6 Å². The van der Waals surface area contributed by atoms with Crippen molar-refractivity contribution in [2.45, 2.75) is 97.8 Å². The van der Waals surface area contributed by atoms with Crippen molar-refractivity contribution in [1.82, 2.24) is 34.6 Å². The number of pyridine rings is 3. The van der Waals surface area contributed by atoms with Gasteiger partial charge in [-0.2, -0.15) is 25.3 Å². The number of hydrogen-bond donors (Lipinski definition) is 9. The first-order valence-electron chi connectivity index (χ1n) is 22.9. The maximum Gasteiger partial charge on any atom is 0.293 e. The van der Waals surface area contributed by atoms with Crippen molar-refractivity contribution in [1.29, 1.82) is 0 Å². The lowest BCUT2D eigenvalue weighted by atomic mass is 10.1. The van der Waals surface area contributed by atoms with Crippen molar-refractivity contribution in [3.05, 3.63) is 83.0 Å². The molecule has 9 N–H and O–H groups in total. The Hall–Kier alpha value is -6.18. The second kappa shape index (κ2) is 27.8. The number of aryl methyl sites for hydroxylation is 3. The summed E-state index contributed by atoms with van der Waals surface area (Å²) < 4.78 is 102.